The average Bonchev–Trinajstić information content (AvgIpc) is 3.25. The standard InChI is InChI=1S/C16H18N4O4/c1-2-23-14(22)9-13(21)20-8-4-6-12(20)16-19-18-15(24-16)11-5-3-7-17-10-11/h3,5,7,10,12H,2,4,6,8-9H2,1H3. The van der Waals surface area contributed by atoms with Crippen molar-refractivity contribution in [1.29, 1.82) is 0 Å². The van der Waals surface area contributed by atoms with Crippen molar-refractivity contribution in [2.75, 3.05) is 13.2 Å². The Labute approximate surface area is 138 Å². The number of carbonyl (C=O) groups is 2. The molecule has 1 aliphatic rings. The summed E-state index contributed by atoms with van der Waals surface area (Å²) in [6, 6.07) is 3.30. The van der Waals surface area contributed by atoms with E-state index in [0.717, 1.165) is 18.4 Å². The van der Waals surface area contributed by atoms with Crippen LogP contribution in [-0.4, -0.2) is 45.1 Å². The Bertz CT molecular complexity index is 716. The van der Waals surface area contributed by atoms with Gasteiger partial charge >= 0.3 is 5.97 Å². The zero-order chi connectivity index (χ0) is 16.9. The van der Waals surface area contributed by atoms with Crippen LogP contribution in [0.5, 0.6) is 0 Å². The SMILES string of the molecule is CCOC(=O)CC(=O)N1CCCC1c1nnc(-c2cccnc2)o1. The van der Waals surface area contributed by atoms with Crippen molar-refractivity contribution in [1.82, 2.24) is 20.1 Å². The van der Waals surface area contributed by atoms with Gasteiger partial charge in [0, 0.05) is 18.9 Å². The van der Waals surface area contributed by atoms with Gasteiger partial charge in [0.05, 0.1) is 12.2 Å². The largest absolute Gasteiger partial charge is 0.466 e. The summed E-state index contributed by atoms with van der Waals surface area (Å²) in [5, 5.41) is 8.10. The van der Waals surface area contributed by atoms with Gasteiger partial charge in [0.25, 0.3) is 0 Å². The van der Waals surface area contributed by atoms with Crippen molar-refractivity contribution < 1.29 is 18.7 Å². The third kappa shape index (κ3) is 3.42. The van der Waals surface area contributed by atoms with E-state index in [4.69, 9.17) is 9.15 Å². The summed E-state index contributed by atoms with van der Waals surface area (Å²) >= 11 is 0. The van der Waals surface area contributed by atoms with Crippen molar-refractivity contribution >= 4 is 11.9 Å². The number of aromatic nitrogens is 3. The van der Waals surface area contributed by atoms with Gasteiger partial charge in [0.1, 0.15) is 12.5 Å². The Balaban J connectivity index is 1.73. The number of hydrogen-bond donors (Lipinski definition) is 0. The van der Waals surface area contributed by atoms with Gasteiger partial charge in [-0.05, 0) is 31.9 Å². The van der Waals surface area contributed by atoms with Crippen LogP contribution in [-0.2, 0) is 14.3 Å². The van der Waals surface area contributed by atoms with Gasteiger partial charge in [-0.15, -0.1) is 10.2 Å². The van der Waals surface area contributed by atoms with Gasteiger partial charge < -0.3 is 14.1 Å². The van der Waals surface area contributed by atoms with Crippen LogP contribution in [0, 0.1) is 0 Å². The summed E-state index contributed by atoms with van der Waals surface area (Å²) in [6.45, 7) is 2.53. The Hall–Kier alpha value is -2.77. The molecule has 24 heavy (non-hydrogen) atoms. The summed E-state index contributed by atoms with van der Waals surface area (Å²) in [6.07, 6.45) is 4.57. The van der Waals surface area contributed by atoms with Gasteiger partial charge in [-0.2, -0.15) is 0 Å². The lowest BCUT2D eigenvalue weighted by atomic mass is 10.2. The second kappa shape index (κ2) is 7.20. The second-order valence-electron chi connectivity index (χ2n) is 5.41. The minimum Gasteiger partial charge on any atom is -0.466 e. The minimum atomic E-state index is -0.519. The van der Waals surface area contributed by atoms with Crippen LogP contribution in [0.1, 0.15) is 38.1 Å². The highest BCUT2D eigenvalue weighted by Gasteiger charge is 2.34. The highest BCUT2D eigenvalue weighted by molar-refractivity contribution is 5.94. The first kappa shape index (κ1) is 16.1. The van der Waals surface area contributed by atoms with Crippen molar-refractivity contribution in [2.24, 2.45) is 0 Å². The lowest BCUT2D eigenvalue weighted by molar-refractivity contribution is -0.149. The van der Waals surface area contributed by atoms with E-state index in [0.29, 0.717) is 18.3 Å². The Morgan fingerprint density at radius 2 is 2.29 bits per heavy atom. The molecule has 8 heteroatoms. The number of hydrogen-bond acceptors (Lipinski definition) is 7. The van der Waals surface area contributed by atoms with Gasteiger partial charge in [0.2, 0.25) is 17.7 Å². The fraction of sp³-hybridized carbons (Fsp3) is 0.438. The summed E-state index contributed by atoms with van der Waals surface area (Å²) < 4.78 is 10.5. The molecule has 0 bridgehead atoms. The van der Waals surface area contributed by atoms with Gasteiger partial charge in [0.15, 0.2) is 0 Å². The van der Waals surface area contributed by atoms with E-state index in [9.17, 15) is 9.59 Å². The lowest BCUT2D eigenvalue weighted by Crippen LogP contribution is -2.32. The van der Waals surface area contributed by atoms with E-state index < -0.39 is 5.97 Å². The number of likely N-dealkylation sites (tertiary alicyclic amines) is 1. The molecule has 1 amide bonds. The molecule has 0 aromatic carbocycles. The van der Waals surface area contributed by atoms with Crippen LogP contribution in [0.4, 0.5) is 0 Å². The fourth-order valence-corrected chi connectivity index (χ4v) is 2.73. The predicted octanol–water partition coefficient (Wildman–Crippen LogP) is 1.75. The zero-order valence-corrected chi connectivity index (χ0v) is 13.3. The number of esters is 1. The Kier molecular flexibility index (Phi) is 4.83. The monoisotopic (exact) mass is 330 g/mol. The molecule has 2 aromatic rings. The maximum absolute atomic E-state index is 12.3. The summed E-state index contributed by atoms with van der Waals surface area (Å²) in [4.78, 5) is 29.5. The van der Waals surface area contributed by atoms with Crippen LogP contribution in [0.2, 0.25) is 0 Å². The first-order valence-corrected chi connectivity index (χ1v) is 7.88. The van der Waals surface area contributed by atoms with Crippen LogP contribution in [0.3, 0.4) is 0 Å². The van der Waals surface area contributed by atoms with E-state index in [1.807, 2.05) is 6.07 Å². The number of rotatable bonds is 5. The van der Waals surface area contributed by atoms with Crippen LogP contribution in [0.15, 0.2) is 28.9 Å². The first-order valence-electron chi connectivity index (χ1n) is 7.88. The molecule has 0 spiro atoms. The molecule has 1 fully saturated rings. The van der Waals surface area contributed by atoms with Gasteiger partial charge in [-0.25, -0.2) is 0 Å². The first-order chi connectivity index (χ1) is 11.7. The molecule has 3 heterocycles. The third-order valence-corrected chi connectivity index (χ3v) is 3.81. The molecular weight excluding hydrogens is 312 g/mol. The molecule has 3 rings (SSSR count). The van der Waals surface area contributed by atoms with Crippen molar-refractivity contribution in [2.45, 2.75) is 32.2 Å². The van der Waals surface area contributed by atoms with Gasteiger partial charge in [-0.1, -0.05) is 0 Å². The second-order valence-corrected chi connectivity index (χ2v) is 5.41. The highest BCUT2D eigenvalue weighted by Crippen LogP contribution is 2.32. The molecule has 1 unspecified atom stereocenters. The maximum atomic E-state index is 12.3. The Morgan fingerprint density at radius 3 is 3.04 bits per heavy atom. The van der Waals surface area contributed by atoms with E-state index in [1.54, 1.807) is 30.3 Å². The van der Waals surface area contributed by atoms with E-state index in [2.05, 4.69) is 15.2 Å². The number of amides is 1. The van der Waals surface area contributed by atoms with Crippen LogP contribution < -0.4 is 0 Å². The summed E-state index contributed by atoms with van der Waals surface area (Å²) in [5.41, 5.74) is 0.721. The van der Waals surface area contributed by atoms with Crippen molar-refractivity contribution in [3.63, 3.8) is 0 Å². The molecular formula is C16H18N4O4. The van der Waals surface area contributed by atoms with Crippen LogP contribution in [0.25, 0.3) is 11.5 Å². The average molecular weight is 330 g/mol. The molecule has 2 aromatic heterocycles. The third-order valence-electron chi connectivity index (χ3n) is 3.81. The summed E-state index contributed by atoms with van der Waals surface area (Å²) in [7, 11) is 0. The van der Waals surface area contributed by atoms with Crippen molar-refractivity contribution in [3.8, 4) is 11.5 Å². The molecule has 1 atom stereocenters. The molecule has 0 aliphatic carbocycles. The smallest absolute Gasteiger partial charge is 0.315 e. The zero-order valence-electron chi connectivity index (χ0n) is 13.3. The van der Waals surface area contributed by atoms with Gasteiger partial charge in [-0.3, -0.25) is 14.6 Å². The molecule has 0 saturated carbocycles. The lowest BCUT2D eigenvalue weighted by Gasteiger charge is -2.21. The maximum Gasteiger partial charge on any atom is 0.315 e. The number of ether oxygens (including phenoxy) is 1. The summed E-state index contributed by atoms with van der Waals surface area (Å²) in [5.74, 6) is -0.0573. The molecule has 0 radical (unpaired) electrons. The van der Waals surface area contributed by atoms with Crippen molar-refractivity contribution in [3.05, 3.63) is 30.4 Å². The Morgan fingerprint density at radius 1 is 1.42 bits per heavy atom. The van der Waals surface area contributed by atoms with E-state index >= 15 is 0 Å². The number of pyridine rings is 1. The predicted molar refractivity (Wildman–Crippen MR) is 82.5 cm³/mol. The number of carbonyl (C=O) groups excluding carboxylic acids is 2. The van der Waals surface area contributed by atoms with Crippen LogP contribution >= 0.6 is 0 Å². The topological polar surface area (TPSA) is 98.4 Å². The molecule has 1 aliphatic heterocycles. The fourth-order valence-electron chi connectivity index (χ4n) is 2.73. The molecule has 1 saturated heterocycles. The molecule has 8 nitrogen and oxygen atoms in total. The molecule has 126 valence electrons. The normalized spacial score (nSPS) is 17.0. The van der Waals surface area contributed by atoms with E-state index in [-0.39, 0.29) is 25.0 Å². The number of nitrogens with zero attached hydrogens (tertiary/aromatic N) is 4. The van der Waals surface area contributed by atoms with E-state index in [1.165, 1.54) is 0 Å². The highest BCUT2D eigenvalue weighted by atomic mass is 16.5. The molecule has 0 N–H and O–H groups in total. The quantitative estimate of drug-likeness (QED) is 0.608. The minimum absolute atomic E-state index is 0.258.